The molecule has 24 heavy (non-hydrogen) atoms. The van der Waals surface area contributed by atoms with E-state index in [9.17, 15) is 13.2 Å². The first kappa shape index (κ1) is 15.8. The number of sulfonamides is 1. The highest BCUT2D eigenvalue weighted by Gasteiger charge is 2.15. The molecule has 0 spiro atoms. The van der Waals surface area contributed by atoms with Gasteiger partial charge in [0.15, 0.2) is 5.78 Å². The minimum absolute atomic E-state index is 0.0785. The second kappa shape index (κ2) is 6.20. The van der Waals surface area contributed by atoms with Crippen LogP contribution in [-0.2, 0) is 10.0 Å². The standard InChI is InChI=1S/C15H13N5O3S/c1-10(21)11-4-8-14(9-5-11)24(22,23)18-13-6-2-12(3-7-13)15-16-19-20-17-15/h2-9,18H,1H3,(H,16,17,19,20). The van der Waals surface area contributed by atoms with Crippen LogP contribution in [0.1, 0.15) is 17.3 Å². The molecule has 0 fully saturated rings. The number of nitrogens with one attached hydrogen (secondary N) is 2. The fourth-order valence-corrected chi connectivity index (χ4v) is 3.11. The molecule has 122 valence electrons. The van der Waals surface area contributed by atoms with E-state index in [-0.39, 0.29) is 10.7 Å². The Labute approximate surface area is 138 Å². The summed E-state index contributed by atoms with van der Waals surface area (Å²) in [6.07, 6.45) is 0. The zero-order valence-corrected chi connectivity index (χ0v) is 13.4. The van der Waals surface area contributed by atoms with Crippen LogP contribution in [0.4, 0.5) is 5.69 Å². The SMILES string of the molecule is CC(=O)c1ccc(S(=O)(=O)Nc2ccc(-c3nn[nH]n3)cc2)cc1. The van der Waals surface area contributed by atoms with Crippen LogP contribution in [-0.4, -0.2) is 34.8 Å². The topological polar surface area (TPSA) is 118 Å². The van der Waals surface area contributed by atoms with Crippen molar-refractivity contribution in [3.05, 3.63) is 54.1 Å². The van der Waals surface area contributed by atoms with Crippen molar-refractivity contribution in [1.29, 1.82) is 0 Å². The monoisotopic (exact) mass is 343 g/mol. The van der Waals surface area contributed by atoms with Crippen molar-refractivity contribution in [3.63, 3.8) is 0 Å². The first-order chi connectivity index (χ1) is 11.5. The van der Waals surface area contributed by atoms with Gasteiger partial charge in [-0.25, -0.2) is 8.42 Å². The predicted octanol–water partition coefficient (Wildman–Crippen LogP) is 1.87. The number of aromatic nitrogens is 4. The van der Waals surface area contributed by atoms with Crippen LogP contribution in [0.25, 0.3) is 11.4 Å². The number of carbonyl (C=O) groups is 1. The van der Waals surface area contributed by atoms with Crippen LogP contribution in [0.3, 0.4) is 0 Å². The number of anilines is 1. The van der Waals surface area contributed by atoms with Gasteiger partial charge in [-0.3, -0.25) is 9.52 Å². The van der Waals surface area contributed by atoms with Crippen molar-refractivity contribution in [3.8, 4) is 11.4 Å². The van der Waals surface area contributed by atoms with Gasteiger partial charge < -0.3 is 0 Å². The number of nitrogens with zero attached hydrogens (tertiary/aromatic N) is 3. The Morgan fingerprint density at radius 2 is 1.71 bits per heavy atom. The lowest BCUT2D eigenvalue weighted by molar-refractivity contribution is 0.101. The molecule has 0 saturated heterocycles. The number of H-pyrrole nitrogens is 1. The largest absolute Gasteiger partial charge is 0.295 e. The van der Waals surface area contributed by atoms with Gasteiger partial charge in [-0.05, 0) is 48.5 Å². The second-order valence-electron chi connectivity index (χ2n) is 5.00. The van der Waals surface area contributed by atoms with Crippen molar-refractivity contribution in [2.24, 2.45) is 0 Å². The van der Waals surface area contributed by atoms with E-state index < -0.39 is 10.0 Å². The number of aromatic amines is 1. The van der Waals surface area contributed by atoms with Crippen LogP contribution in [0.2, 0.25) is 0 Å². The number of hydrogen-bond acceptors (Lipinski definition) is 6. The minimum Gasteiger partial charge on any atom is -0.295 e. The lowest BCUT2D eigenvalue weighted by Gasteiger charge is -2.08. The molecule has 0 unspecified atom stereocenters. The number of ketones is 1. The minimum atomic E-state index is -3.73. The number of carbonyl (C=O) groups excluding carboxylic acids is 1. The van der Waals surface area contributed by atoms with E-state index in [1.807, 2.05) is 0 Å². The molecule has 0 atom stereocenters. The molecule has 8 nitrogen and oxygen atoms in total. The third-order valence-corrected chi connectivity index (χ3v) is 4.71. The van der Waals surface area contributed by atoms with E-state index in [0.717, 1.165) is 0 Å². The Balaban J connectivity index is 1.80. The number of benzene rings is 2. The number of Topliss-reactive ketones (excluding diaryl/α,β-unsaturated/α-hetero) is 1. The molecular formula is C15H13N5O3S. The van der Waals surface area contributed by atoms with Crippen LogP contribution in [0.5, 0.6) is 0 Å². The maximum Gasteiger partial charge on any atom is 0.261 e. The van der Waals surface area contributed by atoms with Crippen molar-refractivity contribution in [1.82, 2.24) is 20.6 Å². The molecule has 0 aliphatic rings. The number of hydrogen-bond donors (Lipinski definition) is 2. The van der Waals surface area contributed by atoms with Gasteiger partial charge >= 0.3 is 0 Å². The van der Waals surface area contributed by atoms with Crippen molar-refractivity contribution in [2.45, 2.75) is 11.8 Å². The normalized spacial score (nSPS) is 11.2. The predicted molar refractivity (Wildman–Crippen MR) is 86.9 cm³/mol. The van der Waals surface area contributed by atoms with E-state index in [1.54, 1.807) is 24.3 Å². The highest BCUT2D eigenvalue weighted by molar-refractivity contribution is 7.92. The van der Waals surface area contributed by atoms with Gasteiger partial charge in [0.25, 0.3) is 10.0 Å². The Bertz CT molecular complexity index is 949. The fraction of sp³-hybridized carbons (Fsp3) is 0.0667. The lowest BCUT2D eigenvalue weighted by atomic mass is 10.2. The summed E-state index contributed by atoms with van der Waals surface area (Å²) in [6, 6.07) is 12.3. The molecule has 3 rings (SSSR count). The van der Waals surface area contributed by atoms with E-state index in [0.29, 0.717) is 22.6 Å². The van der Waals surface area contributed by atoms with E-state index >= 15 is 0 Å². The quantitative estimate of drug-likeness (QED) is 0.683. The van der Waals surface area contributed by atoms with Crippen molar-refractivity contribution in [2.75, 3.05) is 4.72 Å². The zero-order chi connectivity index (χ0) is 17.2. The molecule has 1 aromatic heterocycles. The van der Waals surface area contributed by atoms with Crippen molar-refractivity contribution >= 4 is 21.5 Å². The molecular weight excluding hydrogens is 330 g/mol. The summed E-state index contributed by atoms with van der Waals surface area (Å²) in [4.78, 5) is 11.3. The van der Waals surface area contributed by atoms with Gasteiger partial charge in [0, 0.05) is 16.8 Å². The average Bonchev–Trinajstić information content (AvgIpc) is 3.10. The summed E-state index contributed by atoms with van der Waals surface area (Å²) < 4.78 is 27.2. The number of rotatable bonds is 5. The van der Waals surface area contributed by atoms with Crippen LogP contribution < -0.4 is 4.72 Å². The molecule has 2 N–H and O–H groups in total. The highest BCUT2D eigenvalue weighted by Crippen LogP contribution is 2.20. The number of tetrazole rings is 1. The maximum atomic E-state index is 12.4. The summed E-state index contributed by atoms with van der Waals surface area (Å²) >= 11 is 0. The van der Waals surface area contributed by atoms with Gasteiger partial charge in [0.1, 0.15) is 0 Å². The van der Waals surface area contributed by atoms with E-state index in [1.165, 1.54) is 31.2 Å². The van der Waals surface area contributed by atoms with Crippen LogP contribution in [0.15, 0.2) is 53.4 Å². The van der Waals surface area contributed by atoms with Gasteiger partial charge in [0.2, 0.25) is 5.82 Å². The summed E-state index contributed by atoms with van der Waals surface area (Å²) in [7, 11) is -3.73. The van der Waals surface area contributed by atoms with Gasteiger partial charge in [0.05, 0.1) is 4.90 Å². The molecule has 3 aromatic rings. The van der Waals surface area contributed by atoms with Crippen molar-refractivity contribution < 1.29 is 13.2 Å². The third-order valence-electron chi connectivity index (χ3n) is 3.31. The Morgan fingerprint density at radius 1 is 1.04 bits per heavy atom. The highest BCUT2D eigenvalue weighted by atomic mass is 32.2. The summed E-state index contributed by atoms with van der Waals surface area (Å²) in [5.74, 6) is 0.299. The molecule has 9 heteroatoms. The van der Waals surface area contributed by atoms with Gasteiger partial charge in [-0.15, -0.1) is 10.2 Å². The maximum absolute atomic E-state index is 12.4. The summed E-state index contributed by atoms with van der Waals surface area (Å²) in [5, 5.41) is 13.5. The van der Waals surface area contributed by atoms with E-state index in [4.69, 9.17) is 0 Å². The molecule has 0 aliphatic heterocycles. The smallest absolute Gasteiger partial charge is 0.261 e. The Morgan fingerprint density at radius 3 is 2.25 bits per heavy atom. The summed E-state index contributed by atoms with van der Waals surface area (Å²) in [5.41, 5.74) is 1.56. The molecule has 0 radical (unpaired) electrons. The average molecular weight is 343 g/mol. The second-order valence-corrected chi connectivity index (χ2v) is 6.68. The van der Waals surface area contributed by atoms with Crippen LogP contribution in [0, 0.1) is 0 Å². The zero-order valence-electron chi connectivity index (χ0n) is 12.6. The molecule has 0 saturated carbocycles. The Hall–Kier alpha value is -3.07. The third kappa shape index (κ3) is 3.30. The molecule has 0 amide bonds. The molecule has 2 aromatic carbocycles. The first-order valence-corrected chi connectivity index (χ1v) is 8.42. The fourth-order valence-electron chi connectivity index (χ4n) is 2.05. The molecule has 1 heterocycles. The Kier molecular flexibility index (Phi) is 4.09. The molecule has 0 aliphatic carbocycles. The first-order valence-electron chi connectivity index (χ1n) is 6.93. The summed E-state index contributed by atoms with van der Waals surface area (Å²) in [6.45, 7) is 1.42. The lowest BCUT2D eigenvalue weighted by Crippen LogP contribution is -2.13. The van der Waals surface area contributed by atoms with Crippen LogP contribution >= 0.6 is 0 Å². The van der Waals surface area contributed by atoms with Gasteiger partial charge in [-0.2, -0.15) is 5.21 Å². The molecule has 0 bridgehead atoms. The van der Waals surface area contributed by atoms with Gasteiger partial charge in [-0.1, -0.05) is 12.1 Å². The van der Waals surface area contributed by atoms with E-state index in [2.05, 4.69) is 25.3 Å².